The Kier molecular flexibility index (Phi) is 11.9. The zero-order valence-electron chi connectivity index (χ0n) is 24.6. The first kappa shape index (κ1) is 33.6. The number of carbonyl (C=O) groups is 5. The van der Waals surface area contributed by atoms with Crippen LogP contribution in [-0.4, -0.2) is 74.1 Å². The van der Waals surface area contributed by atoms with E-state index in [1.165, 1.54) is 12.1 Å². The number of hydrogen-bond donors (Lipinski definition) is 8. The second kappa shape index (κ2) is 15.5. The molecule has 1 aromatic heterocycles. The smallest absolute Gasteiger partial charge is 0.326 e. The van der Waals surface area contributed by atoms with Crippen molar-refractivity contribution in [1.29, 1.82) is 0 Å². The van der Waals surface area contributed by atoms with Gasteiger partial charge in [-0.3, -0.25) is 19.2 Å². The zero-order chi connectivity index (χ0) is 32.4. The molecular formula is C31H39N5O8. The highest BCUT2D eigenvalue weighted by molar-refractivity contribution is 5.94. The second-order valence-corrected chi connectivity index (χ2v) is 10.8. The highest BCUT2D eigenvalue weighted by Gasteiger charge is 2.33. The molecule has 5 atom stereocenters. The Morgan fingerprint density at radius 2 is 1.52 bits per heavy atom. The summed E-state index contributed by atoms with van der Waals surface area (Å²) < 4.78 is 0. The van der Waals surface area contributed by atoms with Crippen molar-refractivity contribution in [2.45, 2.75) is 70.1 Å². The van der Waals surface area contributed by atoms with Gasteiger partial charge in [0.15, 0.2) is 0 Å². The molecule has 3 aromatic rings. The normalized spacial score (nSPS) is 14.5. The molecule has 0 radical (unpaired) electrons. The molecule has 1 heterocycles. The summed E-state index contributed by atoms with van der Waals surface area (Å²) in [5, 5.41) is 37.1. The highest BCUT2D eigenvalue weighted by Crippen LogP contribution is 2.20. The molecule has 44 heavy (non-hydrogen) atoms. The Balaban J connectivity index is 1.82. The lowest BCUT2D eigenvalue weighted by atomic mass is 9.96. The lowest BCUT2D eigenvalue weighted by Crippen LogP contribution is -2.59. The first-order valence-corrected chi connectivity index (χ1v) is 14.3. The third kappa shape index (κ3) is 9.30. The average molecular weight is 610 g/mol. The molecule has 0 aliphatic heterocycles. The number of carbonyl (C=O) groups excluding carboxylic acids is 3. The summed E-state index contributed by atoms with van der Waals surface area (Å²) >= 11 is 0. The maximum absolute atomic E-state index is 13.6. The van der Waals surface area contributed by atoms with Crippen molar-refractivity contribution in [2.24, 2.45) is 11.7 Å². The molecule has 0 fully saturated rings. The molecule has 0 spiro atoms. The molecule has 0 aliphatic rings. The zero-order valence-corrected chi connectivity index (χ0v) is 24.6. The summed E-state index contributed by atoms with van der Waals surface area (Å²) in [7, 11) is 0. The van der Waals surface area contributed by atoms with Crippen LogP contribution in [0.2, 0.25) is 0 Å². The van der Waals surface area contributed by atoms with Crippen LogP contribution in [0.1, 0.15) is 44.2 Å². The highest BCUT2D eigenvalue weighted by atomic mass is 16.4. The summed E-state index contributed by atoms with van der Waals surface area (Å²) in [4.78, 5) is 66.0. The van der Waals surface area contributed by atoms with Crippen molar-refractivity contribution in [2.75, 3.05) is 0 Å². The quantitative estimate of drug-likeness (QED) is 0.117. The number of para-hydroxylation sites is 1. The summed E-state index contributed by atoms with van der Waals surface area (Å²) in [5.41, 5.74) is 7.92. The van der Waals surface area contributed by atoms with Crippen molar-refractivity contribution in [3.63, 3.8) is 0 Å². The number of phenols is 1. The number of amides is 3. The Morgan fingerprint density at radius 1 is 0.864 bits per heavy atom. The van der Waals surface area contributed by atoms with Gasteiger partial charge in [-0.05, 0) is 41.7 Å². The standard InChI is InChI=1S/C31H39N5O8/c1-3-17(2)27(36-28(40)22(32)12-13-26(38)39)30(42)34-24(14-18-8-10-20(37)11-9-18)29(41)35-25(31(43)44)15-19-16-33-23-7-5-4-6-21(19)23/h4-11,16-17,22,24-25,27,33,37H,3,12-15,32H2,1-2H3,(H,34,42)(H,35,41)(H,36,40)(H,38,39)(H,43,44). The second-order valence-electron chi connectivity index (χ2n) is 10.8. The van der Waals surface area contributed by atoms with Crippen LogP contribution < -0.4 is 21.7 Å². The minimum absolute atomic E-state index is 0.00208. The largest absolute Gasteiger partial charge is 0.508 e. The Hall–Kier alpha value is -4.91. The molecule has 9 N–H and O–H groups in total. The van der Waals surface area contributed by atoms with Gasteiger partial charge in [0, 0.05) is 36.4 Å². The summed E-state index contributed by atoms with van der Waals surface area (Å²) in [6, 6.07) is 8.48. The minimum atomic E-state index is -1.32. The van der Waals surface area contributed by atoms with Crippen LogP contribution in [0.3, 0.4) is 0 Å². The van der Waals surface area contributed by atoms with Crippen molar-refractivity contribution < 1.29 is 39.3 Å². The fourth-order valence-electron chi connectivity index (χ4n) is 4.70. The van der Waals surface area contributed by atoms with E-state index in [1.54, 1.807) is 25.3 Å². The number of nitrogens with one attached hydrogen (secondary N) is 4. The first-order valence-electron chi connectivity index (χ1n) is 14.3. The van der Waals surface area contributed by atoms with Gasteiger partial charge in [-0.2, -0.15) is 0 Å². The van der Waals surface area contributed by atoms with Gasteiger partial charge in [-0.15, -0.1) is 0 Å². The van der Waals surface area contributed by atoms with E-state index in [4.69, 9.17) is 10.8 Å². The number of aromatic hydroxyl groups is 1. The molecule has 3 amide bonds. The van der Waals surface area contributed by atoms with Crippen LogP contribution in [0.15, 0.2) is 54.7 Å². The van der Waals surface area contributed by atoms with E-state index in [9.17, 15) is 34.2 Å². The van der Waals surface area contributed by atoms with Gasteiger partial charge < -0.3 is 42.0 Å². The van der Waals surface area contributed by atoms with Crippen LogP contribution in [-0.2, 0) is 36.8 Å². The van der Waals surface area contributed by atoms with Gasteiger partial charge >= 0.3 is 11.9 Å². The number of fused-ring (bicyclic) bond motifs is 1. The van der Waals surface area contributed by atoms with Crippen LogP contribution >= 0.6 is 0 Å². The topological polar surface area (TPSA) is 224 Å². The number of aliphatic carboxylic acids is 2. The average Bonchev–Trinajstić information content (AvgIpc) is 3.40. The summed E-state index contributed by atoms with van der Waals surface area (Å²) in [5.74, 6) is -4.93. The number of hydrogen-bond acceptors (Lipinski definition) is 7. The van der Waals surface area contributed by atoms with Crippen molar-refractivity contribution in [1.82, 2.24) is 20.9 Å². The van der Waals surface area contributed by atoms with Crippen LogP contribution in [0.25, 0.3) is 10.9 Å². The Bertz CT molecular complexity index is 1470. The number of aromatic amines is 1. The number of carboxylic acids is 2. The number of aromatic nitrogens is 1. The van der Waals surface area contributed by atoms with E-state index in [2.05, 4.69) is 20.9 Å². The summed E-state index contributed by atoms with van der Waals surface area (Å²) in [6.45, 7) is 3.54. The number of phenolic OH excluding ortho intramolecular Hbond substituents is 1. The predicted molar refractivity (Wildman–Crippen MR) is 162 cm³/mol. The number of benzene rings is 2. The van der Waals surface area contributed by atoms with Crippen molar-refractivity contribution >= 4 is 40.6 Å². The predicted octanol–water partition coefficient (Wildman–Crippen LogP) is 1.44. The first-order chi connectivity index (χ1) is 20.9. The Morgan fingerprint density at radius 3 is 2.16 bits per heavy atom. The van der Waals surface area contributed by atoms with E-state index >= 15 is 0 Å². The van der Waals surface area contributed by atoms with Crippen LogP contribution in [0.5, 0.6) is 5.75 Å². The molecule has 0 bridgehead atoms. The molecule has 3 rings (SSSR count). The molecule has 0 saturated heterocycles. The van der Waals surface area contributed by atoms with Gasteiger partial charge in [-0.25, -0.2) is 4.79 Å². The maximum Gasteiger partial charge on any atom is 0.326 e. The monoisotopic (exact) mass is 609 g/mol. The molecule has 236 valence electrons. The molecule has 5 unspecified atom stereocenters. The maximum atomic E-state index is 13.6. The number of H-pyrrole nitrogens is 1. The molecule has 13 heteroatoms. The van der Waals surface area contributed by atoms with Crippen molar-refractivity contribution in [3.8, 4) is 5.75 Å². The lowest BCUT2D eigenvalue weighted by Gasteiger charge is -2.28. The fraction of sp³-hybridized carbons (Fsp3) is 0.387. The number of carboxylic acid groups (broad SMARTS) is 2. The van der Waals surface area contributed by atoms with Gasteiger partial charge in [0.2, 0.25) is 17.7 Å². The lowest BCUT2D eigenvalue weighted by molar-refractivity contribution is -0.142. The van der Waals surface area contributed by atoms with Crippen LogP contribution in [0, 0.1) is 5.92 Å². The third-order valence-corrected chi connectivity index (χ3v) is 7.52. The minimum Gasteiger partial charge on any atom is -0.508 e. The van der Waals surface area contributed by atoms with E-state index in [1.807, 2.05) is 31.2 Å². The van der Waals surface area contributed by atoms with Gasteiger partial charge in [0.05, 0.1) is 6.04 Å². The number of rotatable bonds is 16. The van der Waals surface area contributed by atoms with Gasteiger partial charge in [0.25, 0.3) is 0 Å². The number of nitrogens with two attached hydrogens (primary N) is 1. The van der Waals surface area contributed by atoms with E-state index in [0.29, 0.717) is 17.5 Å². The molecular weight excluding hydrogens is 570 g/mol. The van der Waals surface area contributed by atoms with Gasteiger partial charge in [-0.1, -0.05) is 50.6 Å². The molecule has 0 saturated carbocycles. The van der Waals surface area contributed by atoms with E-state index < -0.39 is 59.7 Å². The molecule has 0 aliphatic carbocycles. The van der Waals surface area contributed by atoms with E-state index in [0.717, 1.165) is 10.9 Å². The van der Waals surface area contributed by atoms with Crippen LogP contribution in [0.4, 0.5) is 0 Å². The Labute approximate surface area is 254 Å². The van der Waals surface area contributed by atoms with E-state index in [-0.39, 0.29) is 31.4 Å². The fourth-order valence-corrected chi connectivity index (χ4v) is 4.70. The third-order valence-electron chi connectivity index (χ3n) is 7.52. The molecule has 13 nitrogen and oxygen atoms in total. The summed E-state index contributed by atoms with van der Waals surface area (Å²) in [6.07, 6.45) is 1.63. The molecule has 2 aromatic carbocycles. The van der Waals surface area contributed by atoms with Gasteiger partial charge in [0.1, 0.15) is 23.9 Å². The van der Waals surface area contributed by atoms with Crippen molar-refractivity contribution in [3.05, 3.63) is 65.9 Å². The SMILES string of the molecule is CCC(C)C(NC(=O)C(N)CCC(=O)O)C(=O)NC(Cc1ccc(O)cc1)C(=O)NC(Cc1c[nH]c2ccccc12)C(=O)O.